The summed E-state index contributed by atoms with van der Waals surface area (Å²) in [5.41, 5.74) is 2.15. The molecule has 22 heavy (non-hydrogen) atoms. The van der Waals surface area contributed by atoms with E-state index in [1.54, 1.807) is 18.3 Å². The summed E-state index contributed by atoms with van der Waals surface area (Å²) in [5.74, 6) is -0.293. The first-order valence-electron chi connectivity index (χ1n) is 7.30. The van der Waals surface area contributed by atoms with Crippen LogP contribution in [0.5, 0.6) is 0 Å². The monoisotopic (exact) mass is 319 g/mol. The van der Waals surface area contributed by atoms with Crippen LogP contribution >= 0.6 is 11.3 Å². The van der Waals surface area contributed by atoms with Crippen LogP contribution in [-0.2, 0) is 4.74 Å². The number of ketones is 1. The van der Waals surface area contributed by atoms with E-state index in [4.69, 9.17) is 9.26 Å². The summed E-state index contributed by atoms with van der Waals surface area (Å²) in [4.78, 5) is 25.7. The van der Waals surface area contributed by atoms with Gasteiger partial charge in [0.2, 0.25) is 5.69 Å². The number of thiophene rings is 1. The van der Waals surface area contributed by atoms with Crippen LogP contribution in [-0.4, -0.2) is 23.5 Å². The Morgan fingerprint density at radius 2 is 2.14 bits per heavy atom. The van der Waals surface area contributed by atoms with E-state index in [1.165, 1.54) is 0 Å². The maximum absolute atomic E-state index is 12.6. The van der Waals surface area contributed by atoms with E-state index < -0.39 is 5.97 Å². The highest BCUT2D eigenvalue weighted by Gasteiger charge is 2.38. The highest BCUT2D eigenvalue weighted by Crippen LogP contribution is 2.40. The van der Waals surface area contributed by atoms with E-state index in [0.717, 1.165) is 28.8 Å². The van der Waals surface area contributed by atoms with Gasteiger partial charge in [0.05, 0.1) is 6.61 Å². The molecule has 2 aromatic rings. The van der Waals surface area contributed by atoms with Gasteiger partial charge in [0, 0.05) is 16.4 Å². The van der Waals surface area contributed by atoms with Crippen molar-refractivity contribution in [3.8, 4) is 11.3 Å². The molecule has 1 aliphatic rings. The molecule has 2 aromatic heterocycles. The van der Waals surface area contributed by atoms with Gasteiger partial charge in [0.15, 0.2) is 11.5 Å². The Bertz CT molecular complexity index is 720. The van der Waals surface area contributed by atoms with E-state index in [2.05, 4.69) is 5.16 Å². The SMILES string of the molecule is CCOC(=O)c1noc(-c2c(C)csc2C)c1C(=O)C1CC1. The Hall–Kier alpha value is -1.95. The van der Waals surface area contributed by atoms with Gasteiger partial charge < -0.3 is 9.26 Å². The second-order valence-electron chi connectivity index (χ2n) is 5.44. The van der Waals surface area contributed by atoms with Crippen LogP contribution in [0.15, 0.2) is 9.90 Å². The van der Waals surface area contributed by atoms with Gasteiger partial charge in [-0.15, -0.1) is 11.3 Å². The molecule has 0 N–H and O–H groups in total. The Morgan fingerprint density at radius 1 is 1.41 bits per heavy atom. The molecule has 3 rings (SSSR count). The van der Waals surface area contributed by atoms with Crippen LogP contribution in [0.1, 0.15) is 51.1 Å². The molecule has 0 unspecified atom stereocenters. The smallest absolute Gasteiger partial charge is 0.361 e. The Labute approximate surface area is 132 Å². The van der Waals surface area contributed by atoms with Crippen LogP contribution in [0.25, 0.3) is 11.3 Å². The normalized spacial score (nSPS) is 14.1. The summed E-state index contributed by atoms with van der Waals surface area (Å²) in [5, 5.41) is 5.84. The van der Waals surface area contributed by atoms with Crippen molar-refractivity contribution >= 4 is 23.1 Å². The van der Waals surface area contributed by atoms with Gasteiger partial charge in [-0.25, -0.2) is 4.79 Å². The summed E-state index contributed by atoms with van der Waals surface area (Å²) >= 11 is 1.58. The first-order valence-corrected chi connectivity index (χ1v) is 8.18. The Morgan fingerprint density at radius 3 is 2.68 bits per heavy atom. The van der Waals surface area contributed by atoms with Crippen molar-refractivity contribution in [3.63, 3.8) is 0 Å². The molecule has 0 bridgehead atoms. The molecular formula is C16H17NO4S. The first kappa shape index (κ1) is 15.0. The fraction of sp³-hybridized carbons (Fsp3) is 0.438. The Balaban J connectivity index is 2.14. The molecule has 0 saturated heterocycles. The third kappa shape index (κ3) is 2.47. The van der Waals surface area contributed by atoms with E-state index in [9.17, 15) is 9.59 Å². The quantitative estimate of drug-likeness (QED) is 0.619. The molecule has 116 valence electrons. The number of aryl methyl sites for hydroxylation is 2. The number of carbonyl (C=O) groups is 2. The molecule has 1 fully saturated rings. The van der Waals surface area contributed by atoms with Crippen LogP contribution in [0.2, 0.25) is 0 Å². The maximum atomic E-state index is 12.6. The molecule has 1 saturated carbocycles. The average molecular weight is 319 g/mol. The lowest BCUT2D eigenvalue weighted by atomic mass is 9.99. The maximum Gasteiger partial charge on any atom is 0.361 e. The number of rotatable bonds is 5. The van der Waals surface area contributed by atoms with Crippen molar-refractivity contribution in [2.75, 3.05) is 6.61 Å². The zero-order valence-corrected chi connectivity index (χ0v) is 13.6. The van der Waals surface area contributed by atoms with E-state index in [-0.39, 0.29) is 29.6 Å². The second-order valence-corrected chi connectivity index (χ2v) is 6.53. The van der Waals surface area contributed by atoms with E-state index >= 15 is 0 Å². The number of carbonyl (C=O) groups excluding carboxylic acids is 2. The summed E-state index contributed by atoms with van der Waals surface area (Å²) in [7, 11) is 0. The number of hydrogen-bond acceptors (Lipinski definition) is 6. The van der Waals surface area contributed by atoms with Crippen molar-refractivity contribution < 1.29 is 18.8 Å². The zero-order valence-electron chi connectivity index (χ0n) is 12.8. The van der Waals surface area contributed by atoms with Gasteiger partial charge >= 0.3 is 5.97 Å². The van der Waals surface area contributed by atoms with Crippen LogP contribution in [0.4, 0.5) is 0 Å². The number of esters is 1. The molecule has 1 aliphatic carbocycles. The van der Waals surface area contributed by atoms with Crippen molar-refractivity contribution in [3.05, 3.63) is 27.1 Å². The van der Waals surface area contributed by atoms with E-state index in [1.807, 2.05) is 19.2 Å². The second kappa shape index (κ2) is 5.68. The average Bonchev–Trinajstić information content (AvgIpc) is 3.17. The molecule has 0 radical (unpaired) electrons. The summed E-state index contributed by atoms with van der Waals surface area (Å²) < 4.78 is 10.4. The van der Waals surface area contributed by atoms with Gasteiger partial charge in [-0.2, -0.15) is 0 Å². The molecule has 2 heterocycles. The summed E-state index contributed by atoms with van der Waals surface area (Å²) in [6.45, 7) is 5.87. The lowest BCUT2D eigenvalue weighted by Crippen LogP contribution is -2.13. The zero-order chi connectivity index (χ0) is 15.9. The number of ether oxygens (including phenoxy) is 1. The molecule has 0 spiro atoms. The predicted octanol–water partition coefficient (Wildman–Crippen LogP) is 3.79. The van der Waals surface area contributed by atoms with Gasteiger partial charge in [-0.05, 0) is 44.6 Å². The molecular weight excluding hydrogens is 302 g/mol. The molecule has 5 nitrogen and oxygen atoms in total. The van der Waals surface area contributed by atoms with Crippen LogP contribution in [0.3, 0.4) is 0 Å². The van der Waals surface area contributed by atoms with E-state index in [0.29, 0.717) is 5.76 Å². The van der Waals surface area contributed by atoms with Gasteiger partial charge in [-0.3, -0.25) is 4.79 Å². The lowest BCUT2D eigenvalue weighted by molar-refractivity contribution is 0.0511. The first-order chi connectivity index (χ1) is 10.5. The standard InChI is InChI=1S/C16H17NO4S/c1-4-20-16(19)13-12(14(18)10-5-6-10)15(21-17-13)11-8(2)7-22-9(11)3/h7,10H,4-6H2,1-3H3. The molecule has 0 aliphatic heterocycles. The molecule has 0 atom stereocenters. The van der Waals surface area contributed by atoms with Gasteiger partial charge in [0.1, 0.15) is 5.56 Å². The fourth-order valence-electron chi connectivity index (χ4n) is 2.49. The number of nitrogens with zero attached hydrogens (tertiary/aromatic N) is 1. The number of hydrogen-bond donors (Lipinski definition) is 0. The summed E-state index contributed by atoms with van der Waals surface area (Å²) in [6, 6.07) is 0. The highest BCUT2D eigenvalue weighted by atomic mass is 32.1. The van der Waals surface area contributed by atoms with Gasteiger partial charge in [0.25, 0.3) is 0 Å². The number of aromatic nitrogens is 1. The van der Waals surface area contributed by atoms with Crippen molar-refractivity contribution in [1.82, 2.24) is 5.16 Å². The third-order valence-corrected chi connectivity index (χ3v) is 4.77. The van der Waals surface area contributed by atoms with Crippen LogP contribution < -0.4 is 0 Å². The van der Waals surface area contributed by atoms with Crippen molar-refractivity contribution in [2.45, 2.75) is 33.6 Å². The third-order valence-electron chi connectivity index (χ3n) is 3.74. The van der Waals surface area contributed by atoms with Crippen molar-refractivity contribution in [2.24, 2.45) is 5.92 Å². The minimum atomic E-state index is -0.605. The Kier molecular flexibility index (Phi) is 3.87. The molecule has 6 heteroatoms. The van der Waals surface area contributed by atoms with Gasteiger partial charge in [-0.1, -0.05) is 5.16 Å². The summed E-state index contributed by atoms with van der Waals surface area (Å²) in [6.07, 6.45) is 1.71. The highest BCUT2D eigenvalue weighted by molar-refractivity contribution is 7.10. The minimum absolute atomic E-state index is 0.00116. The predicted molar refractivity (Wildman–Crippen MR) is 82.3 cm³/mol. The fourth-order valence-corrected chi connectivity index (χ4v) is 3.33. The minimum Gasteiger partial charge on any atom is -0.461 e. The topological polar surface area (TPSA) is 69.4 Å². The van der Waals surface area contributed by atoms with Crippen molar-refractivity contribution in [1.29, 1.82) is 0 Å². The molecule has 0 aromatic carbocycles. The van der Waals surface area contributed by atoms with Crippen LogP contribution in [0, 0.1) is 19.8 Å². The largest absolute Gasteiger partial charge is 0.461 e. The number of Topliss-reactive ketones (excluding diaryl/α,β-unsaturated/α-hetero) is 1. The lowest BCUT2D eigenvalue weighted by Gasteiger charge is -2.04. The molecule has 0 amide bonds.